The SMILES string of the molecule is CC1(C)CC(C2CC[C@@H]3CN(c4nc(C(C)(C)C)ccc4C(=O)NS(=O)(=O)c4cccc(n4)N2)C(C)(C)C3)CC(C)(C)O1. The number of anilines is 2. The van der Waals surface area contributed by atoms with Gasteiger partial charge in [-0.05, 0) is 110 Å². The van der Waals surface area contributed by atoms with Gasteiger partial charge in [-0.15, -0.1) is 0 Å². The molecule has 2 fully saturated rings. The topological polar surface area (TPSA) is 114 Å². The lowest BCUT2D eigenvalue weighted by atomic mass is 9.75. The van der Waals surface area contributed by atoms with Gasteiger partial charge in [-0.3, -0.25) is 4.79 Å². The predicted octanol–water partition coefficient (Wildman–Crippen LogP) is 6.06. The third-order valence-corrected chi connectivity index (χ3v) is 10.4. The fourth-order valence-electron chi connectivity index (χ4n) is 7.56. The van der Waals surface area contributed by atoms with Crippen molar-refractivity contribution in [1.82, 2.24) is 14.7 Å². The molecule has 5 rings (SSSR count). The number of pyridine rings is 2. The Hall–Kier alpha value is -2.72. The minimum absolute atomic E-state index is 0.0719. The number of hydrogen-bond acceptors (Lipinski definition) is 8. The van der Waals surface area contributed by atoms with Crippen LogP contribution in [0.2, 0.25) is 0 Å². The number of carbonyl (C=O) groups is 1. The summed E-state index contributed by atoms with van der Waals surface area (Å²) in [6.45, 7) is 20.0. The van der Waals surface area contributed by atoms with Gasteiger partial charge in [0, 0.05) is 29.2 Å². The number of ether oxygens (including phenoxy) is 1. The molecule has 9 nitrogen and oxygen atoms in total. The Kier molecular flexibility index (Phi) is 7.90. The fraction of sp³-hybridized carbons (Fsp3) is 0.667. The molecule has 3 aliphatic rings. The van der Waals surface area contributed by atoms with Crippen molar-refractivity contribution in [1.29, 1.82) is 0 Å². The van der Waals surface area contributed by atoms with Gasteiger partial charge < -0.3 is 15.0 Å². The number of hydrogen-bond donors (Lipinski definition) is 2. The summed E-state index contributed by atoms with van der Waals surface area (Å²) in [6, 6.07) is 8.50. The van der Waals surface area contributed by atoms with Crippen LogP contribution in [0, 0.1) is 11.8 Å². The van der Waals surface area contributed by atoms with Crippen LogP contribution >= 0.6 is 0 Å². The van der Waals surface area contributed by atoms with Crippen molar-refractivity contribution in [3.63, 3.8) is 0 Å². The van der Waals surface area contributed by atoms with Gasteiger partial charge in [-0.25, -0.2) is 14.7 Å². The second kappa shape index (κ2) is 10.7. The minimum Gasteiger partial charge on any atom is -0.370 e. The van der Waals surface area contributed by atoms with Crippen LogP contribution in [0.1, 0.15) is 110 Å². The molecular weight excluding hydrogens is 562 g/mol. The molecule has 0 saturated carbocycles. The Bertz CT molecular complexity index is 1480. The summed E-state index contributed by atoms with van der Waals surface area (Å²) in [7, 11) is -4.25. The van der Waals surface area contributed by atoms with Crippen molar-refractivity contribution in [2.24, 2.45) is 11.8 Å². The average molecular weight is 612 g/mol. The third-order valence-electron chi connectivity index (χ3n) is 9.18. The molecule has 0 spiro atoms. The van der Waals surface area contributed by atoms with Crippen molar-refractivity contribution in [2.75, 3.05) is 16.8 Å². The van der Waals surface area contributed by atoms with Crippen LogP contribution in [0.3, 0.4) is 0 Å². The van der Waals surface area contributed by atoms with Gasteiger partial charge in [0.15, 0.2) is 5.03 Å². The molecule has 1 unspecified atom stereocenters. The van der Waals surface area contributed by atoms with Crippen LogP contribution < -0.4 is 14.9 Å². The summed E-state index contributed by atoms with van der Waals surface area (Å²) in [4.78, 5) is 25.4. The maximum atomic E-state index is 13.7. The zero-order chi connectivity index (χ0) is 31.6. The minimum atomic E-state index is -4.25. The van der Waals surface area contributed by atoms with E-state index >= 15 is 0 Å². The molecule has 236 valence electrons. The number of sulfonamides is 1. The lowest BCUT2D eigenvalue weighted by Crippen LogP contribution is -2.49. The van der Waals surface area contributed by atoms with E-state index in [0.29, 0.717) is 23.5 Å². The molecule has 2 atom stereocenters. The van der Waals surface area contributed by atoms with Gasteiger partial charge in [0.25, 0.3) is 15.9 Å². The number of aromatic nitrogens is 2. The van der Waals surface area contributed by atoms with Gasteiger partial charge in [-0.2, -0.15) is 8.42 Å². The first-order valence-electron chi connectivity index (χ1n) is 15.5. The number of carbonyl (C=O) groups excluding carboxylic acids is 1. The zero-order valence-corrected chi connectivity index (χ0v) is 28.1. The molecule has 1 amide bonds. The van der Waals surface area contributed by atoms with Gasteiger partial charge in [0.05, 0.1) is 16.8 Å². The molecule has 2 saturated heterocycles. The van der Waals surface area contributed by atoms with E-state index in [-0.39, 0.29) is 38.8 Å². The largest absolute Gasteiger partial charge is 0.370 e. The van der Waals surface area contributed by atoms with E-state index in [1.54, 1.807) is 18.2 Å². The van der Waals surface area contributed by atoms with E-state index in [1.165, 1.54) is 6.07 Å². The van der Waals surface area contributed by atoms with E-state index in [9.17, 15) is 13.2 Å². The molecular formula is C33H49N5O4S. The normalized spacial score (nSPS) is 26.8. The summed E-state index contributed by atoms with van der Waals surface area (Å²) in [5.41, 5.74) is 0.0326. The summed E-state index contributed by atoms with van der Waals surface area (Å²) >= 11 is 0. The Morgan fingerprint density at radius 2 is 1.60 bits per heavy atom. The van der Waals surface area contributed by atoms with Crippen LogP contribution in [0.25, 0.3) is 0 Å². The lowest BCUT2D eigenvalue weighted by Gasteiger charge is -2.48. The Morgan fingerprint density at radius 3 is 2.26 bits per heavy atom. The first kappa shape index (κ1) is 31.7. The highest BCUT2D eigenvalue weighted by Gasteiger charge is 2.44. The maximum Gasteiger partial charge on any atom is 0.281 e. The molecule has 0 aromatic carbocycles. The molecule has 0 aliphatic carbocycles. The van der Waals surface area contributed by atoms with E-state index < -0.39 is 15.9 Å². The lowest BCUT2D eigenvalue weighted by molar-refractivity contribution is -0.174. The summed E-state index contributed by atoms with van der Waals surface area (Å²) in [5.74, 6) is 0.999. The van der Waals surface area contributed by atoms with Crippen LogP contribution in [-0.2, 0) is 20.2 Å². The van der Waals surface area contributed by atoms with Gasteiger partial charge in [-0.1, -0.05) is 26.8 Å². The Balaban J connectivity index is 1.60. The first-order valence-corrected chi connectivity index (χ1v) is 17.0. The quantitative estimate of drug-likeness (QED) is 0.400. The number of fused-ring (bicyclic) bond motifs is 6. The van der Waals surface area contributed by atoms with Crippen LogP contribution in [0.15, 0.2) is 35.4 Å². The monoisotopic (exact) mass is 611 g/mol. The summed E-state index contributed by atoms with van der Waals surface area (Å²) in [6.07, 6.45) is 4.60. The average Bonchev–Trinajstić information content (AvgIpc) is 3.17. The van der Waals surface area contributed by atoms with Crippen molar-refractivity contribution < 1.29 is 17.9 Å². The number of nitrogens with zero attached hydrogens (tertiary/aromatic N) is 3. The molecule has 2 aromatic rings. The maximum absolute atomic E-state index is 13.7. The van der Waals surface area contributed by atoms with Gasteiger partial charge in [0.1, 0.15) is 11.6 Å². The van der Waals surface area contributed by atoms with Gasteiger partial charge in [0.2, 0.25) is 0 Å². The van der Waals surface area contributed by atoms with Crippen molar-refractivity contribution >= 4 is 27.6 Å². The molecule has 0 radical (unpaired) electrons. The van der Waals surface area contributed by atoms with E-state index in [1.807, 2.05) is 6.07 Å². The number of nitrogens with one attached hydrogen (secondary N) is 2. The predicted molar refractivity (Wildman–Crippen MR) is 170 cm³/mol. The Labute approximate surface area is 257 Å². The fourth-order valence-corrected chi connectivity index (χ4v) is 8.49. The van der Waals surface area contributed by atoms with Crippen LogP contribution in [0.4, 0.5) is 11.6 Å². The smallest absolute Gasteiger partial charge is 0.281 e. The zero-order valence-electron chi connectivity index (χ0n) is 27.2. The summed E-state index contributed by atoms with van der Waals surface area (Å²) < 4.78 is 35.7. The second-order valence-electron chi connectivity index (χ2n) is 15.7. The number of rotatable bonds is 1. The second-order valence-corrected chi connectivity index (χ2v) is 17.4. The van der Waals surface area contributed by atoms with Crippen LogP contribution in [-0.4, -0.2) is 53.6 Å². The highest BCUT2D eigenvalue weighted by atomic mass is 32.2. The molecule has 2 N–H and O–H groups in total. The van der Waals surface area contributed by atoms with Crippen molar-refractivity contribution in [2.45, 2.75) is 128 Å². The van der Waals surface area contributed by atoms with Crippen molar-refractivity contribution in [3.05, 3.63) is 41.6 Å². The number of amides is 1. The van der Waals surface area contributed by atoms with Crippen LogP contribution in [0.5, 0.6) is 0 Å². The standard InChI is InChI=1S/C33H49N5O4S/c1-30(2,3)25-16-14-23-28(35-25)38-20-21(17-31(38,4)5)13-15-24(22-18-32(6,7)42-33(8,9)19-22)34-26-11-10-12-27(36-26)43(40,41)37-29(23)39/h10-12,14,16,21-22,24H,13,15,17-20H2,1-9H3,(H,34,36)(H,37,39)/t21-,24?/m0/s1. The highest BCUT2D eigenvalue weighted by molar-refractivity contribution is 7.90. The molecule has 10 heteroatoms. The summed E-state index contributed by atoms with van der Waals surface area (Å²) in [5, 5.41) is 3.43. The molecule has 43 heavy (non-hydrogen) atoms. The highest BCUT2D eigenvalue weighted by Crippen LogP contribution is 2.44. The molecule has 5 heterocycles. The first-order chi connectivity index (χ1) is 19.7. The van der Waals surface area contributed by atoms with Gasteiger partial charge >= 0.3 is 0 Å². The van der Waals surface area contributed by atoms with E-state index in [4.69, 9.17) is 9.72 Å². The molecule has 4 bridgehead atoms. The Morgan fingerprint density at radius 1 is 0.930 bits per heavy atom. The van der Waals surface area contributed by atoms with E-state index in [0.717, 1.165) is 44.3 Å². The third kappa shape index (κ3) is 6.85. The van der Waals surface area contributed by atoms with E-state index in [2.05, 4.69) is 82.2 Å². The van der Waals surface area contributed by atoms with Crippen molar-refractivity contribution in [3.8, 4) is 0 Å². The molecule has 3 aliphatic heterocycles. The molecule has 2 aromatic heterocycles.